The van der Waals surface area contributed by atoms with Gasteiger partial charge in [0, 0.05) is 26.2 Å². The van der Waals surface area contributed by atoms with E-state index in [9.17, 15) is 9.59 Å². The summed E-state index contributed by atoms with van der Waals surface area (Å²) in [5, 5.41) is 7.88. The van der Waals surface area contributed by atoms with Crippen molar-refractivity contribution < 1.29 is 9.59 Å². The third kappa shape index (κ3) is 4.72. The minimum absolute atomic E-state index is 0.0754. The van der Waals surface area contributed by atoms with Gasteiger partial charge in [-0.2, -0.15) is 0 Å². The molecule has 4 aromatic rings. The molecule has 0 spiro atoms. The maximum absolute atomic E-state index is 13.0. The molecular formula is C25H16BrClN2O2S. The highest BCUT2D eigenvalue weighted by atomic mass is 79.9. The maximum Gasteiger partial charge on any atom is 0.258 e. The molecule has 4 rings (SSSR count). The van der Waals surface area contributed by atoms with Crippen LogP contribution in [0.4, 0.5) is 5.69 Å². The third-order valence-electron chi connectivity index (χ3n) is 4.85. The molecule has 4 nitrogen and oxygen atoms in total. The molecule has 0 saturated heterocycles. The maximum atomic E-state index is 13.0. The Kier molecular flexibility index (Phi) is 6.65. The van der Waals surface area contributed by atoms with Crippen LogP contribution in [0.15, 0.2) is 89.4 Å². The summed E-state index contributed by atoms with van der Waals surface area (Å²) in [6.45, 7) is 0. The number of fused-ring (bicyclic) bond motifs is 1. The lowest BCUT2D eigenvalue weighted by molar-refractivity contribution is 0.0978. The Morgan fingerprint density at radius 1 is 0.812 bits per heavy atom. The second kappa shape index (κ2) is 9.61. The van der Waals surface area contributed by atoms with Crippen LogP contribution in [0.3, 0.4) is 0 Å². The van der Waals surface area contributed by atoms with Crippen LogP contribution in [-0.4, -0.2) is 16.8 Å². The molecule has 0 fully saturated rings. The Morgan fingerprint density at radius 3 is 2.31 bits per heavy atom. The van der Waals surface area contributed by atoms with Crippen LogP contribution in [0.2, 0.25) is 5.02 Å². The second-order valence-corrected chi connectivity index (χ2v) is 8.63. The van der Waals surface area contributed by atoms with Crippen LogP contribution >= 0.6 is 39.7 Å². The molecule has 32 heavy (non-hydrogen) atoms. The Balaban J connectivity index is 1.57. The smallest absolute Gasteiger partial charge is 0.258 e. The van der Waals surface area contributed by atoms with Crippen molar-refractivity contribution in [1.29, 1.82) is 0 Å². The van der Waals surface area contributed by atoms with Crippen molar-refractivity contribution >= 4 is 73.0 Å². The van der Waals surface area contributed by atoms with E-state index in [0.717, 1.165) is 15.2 Å². The molecule has 158 valence electrons. The number of amides is 1. The molecule has 0 atom stereocenters. The first-order valence-electron chi connectivity index (χ1n) is 9.63. The van der Waals surface area contributed by atoms with Crippen molar-refractivity contribution in [3.63, 3.8) is 0 Å². The molecule has 0 radical (unpaired) electrons. The van der Waals surface area contributed by atoms with Gasteiger partial charge in [-0.05, 0) is 53.3 Å². The molecule has 2 N–H and O–H groups in total. The summed E-state index contributed by atoms with van der Waals surface area (Å²) in [5.74, 6) is -0.556. The predicted molar refractivity (Wildman–Crippen MR) is 137 cm³/mol. The van der Waals surface area contributed by atoms with Gasteiger partial charge in [0.1, 0.15) is 0 Å². The lowest BCUT2D eigenvalue weighted by Gasteiger charge is -2.14. The Hall–Kier alpha value is -3.06. The fraction of sp³-hybridized carbons (Fsp3) is 0. The van der Waals surface area contributed by atoms with E-state index in [2.05, 4.69) is 26.6 Å². The third-order valence-corrected chi connectivity index (χ3v) is 5.98. The van der Waals surface area contributed by atoms with E-state index in [-0.39, 0.29) is 16.8 Å². The molecule has 0 aliphatic rings. The number of thiocarbonyl (C=S) groups is 1. The number of halogens is 2. The molecule has 0 aromatic heterocycles. The van der Waals surface area contributed by atoms with E-state index in [4.69, 9.17) is 23.8 Å². The van der Waals surface area contributed by atoms with Gasteiger partial charge in [0.25, 0.3) is 5.91 Å². The molecule has 0 aliphatic heterocycles. The average molecular weight is 524 g/mol. The summed E-state index contributed by atoms with van der Waals surface area (Å²) in [4.78, 5) is 25.9. The highest BCUT2D eigenvalue weighted by molar-refractivity contribution is 9.10. The molecule has 0 heterocycles. The van der Waals surface area contributed by atoms with Crippen LogP contribution < -0.4 is 10.6 Å². The molecule has 7 heteroatoms. The summed E-state index contributed by atoms with van der Waals surface area (Å²) >= 11 is 15.0. The normalized spacial score (nSPS) is 10.6. The summed E-state index contributed by atoms with van der Waals surface area (Å²) in [5.41, 5.74) is 1.82. The van der Waals surface area contributed by atoms with Crippen molar-refractivity contribution in [3.05, 3.63) is 111 Å². The lowest BCUT2D eigenvalue weighted by Crippen LogP contribution is -2.34. The number of hydrogen-bond acceptors (Lipinski definition) is 3. The van der Waals surface area contributed by atoms with Gasteiger partial charge in [-0.25, -0.2) is 0 Å². The van der Waals surface area contributed by atoms with Crippen molar-refractivity contribution in [2.75, 3.05) is 5.32 Å². The Bertz CT molecular complexity index is 1360. The molecule has 0 unspecified atom stereocenters. The zero-order valence-corrected chi connectivity index (χ0v) is 19.7. The SMILES string of the molecule is O=C(c1ccccc1)c1cc(Cl)ccc1NC(=S)NC(=O)c1cccc2c(Br)cccc12. The monoisotopic (exact) mass is 522 g/mol. The summed E-state index contributed by atoms with van der Waals surface area (Å²) in [6.07, 6.45) is 0. The van der Waals surface area contributed by atoms with E-state index in [1.807, 2.05) is 36.4 Å². The molecule has 0 bridgehead atoms. The fourth-order valence-corrected chi connectivity index (χ4v) is 4.23. The second-order valence-electron chi connectivity index (χ2n) is 6.93. The van der Waals surface area contributed by atoms with Gasteiger partial charge in [-0.1, -0.05) is 82.1 Å². The van der Waals surface area contributed by atoms with Crippen molar-refractivity contribution in [3.8, 4) is 0 Å². The van der Waals surface area contributed by atoms with E-state index >= 15 is 0 Å². The van der Waals surface area contributed by atoms with Gasteiger partial charge < -0.3 is 5.32 Å². The van der Waals surface area contributed by atoms with Crippen molar-refractivity contribution in [1.82, 2.24) is 5.32 Å². The first-order valence-corrected chi connectivity index (χ1v) is 11.2. The van der Waals surface area contributed by atoms with E-state index in [1.165, 1.54) is 0 Å². The number of nitrogens with one attached hydrogen (secondary N) is 2. The summed E-state index contributed by atoms with van der Waals surface area (Å²) in [6, 6.07) is 24.9. The number of carbonyl (C=O) groups excluding carboxylic acids is 2. The minimum Gasteiger partial charge on any atom is -0.332 e. The summed E-state index contributed by atoms with van der Waals surface area (Å²) in [7, 11) is 0. The van der Waals surface area contributed by atoms with Crippen LogP contribution in [0.5, 0.6) is 0 Å². The summed E-state index contributed by atoms with van der Waals surface area (Å²) < 4.78 is 0.899. The van der Waals surface area contributed by atoms with Crippen LogP contribution in [0.25, 0.3) is 10.8 Å². The van der Waals surface area contributed by atoms with Crippen molar-refractivity contribution in [2.24, 2.45) is 0 Å². The highest BCUT2D eigenvalue weighted by Crippen LogP contribution is 2.27. The lowest BCUT2D eigenvalue weighted by atomic mass is 10.0. The van der Waals surface area contributed by atoms with Gasteiger partial charge in [0.15, 0.2) is 10.9 Å². The number of anilines is 1. The average Bonchev–Trinajstić information content (AvgIpc) is 2.80. The number of ketones is 1. The van der Waals surface area contributed by atoms with Gasteiger partial charge >= 0.3 is 0 Å². The standard InChI is InChI=1S/C25H16BrClN2O2S/c26-21-11-5-8-17-18(21)9-4-10-19(17)24(31)29-25(32)28-22-13-12-16(27)14-20(22)23(30)15-6-2-1-3-7-15/h1-14H,(H2,28,29,31,32). The fourth-order valence-electron chi connectivity index (χ4n) is 3.35. The first kappa shape index (κ1) is 22.1. The van der Waals surface area contributed by atoms with Crippen LogP contribution in [0, 0.1) is 0 Å². The molecular weight excluding hydrogens is 508 g/mol. The molecule has 0 aliphatic carbocycles. The van der Waals surface area contributed by atoms with E-state index in [0.29, 0.717) is 27.4 Å². The number of carbonyl (C=O) groups is 2. The predicted octanol–water partition coefficient (Wildman–Crippen LogP) is 6.61. The first-order chi connectivity index (χ1) is 15.4. The Morgan fingerprint density at radius 2 is 1.53 bits per heavy atom. The topological polar surface area (TPSA) is 58.2 Å². The number of rotatable bonds is 4. The van der Waals surface area contributed by atoms with Crippen LogP contribution in [-0.2, 0) is 0 Å². The van der Waals surface area contributed by atoms with Gasteiger partial charge in [-0.3, -0.25) is 14.9 Å². The molecule has 1 amide bonds. The molecule has 4 aromatic carbocycles. The quantitative estimate of drug-likeness (QED) is 0.233. The molecule has 0 saturated carbocycles. The van der Waals surface area contributed by atoms with Crippen molar-refractivity contribution in [2.45, 2.75) is 0 Å². The van der Waals surface area contributed by atoms with Gasteiger partial charge in [-0.15, -0.1) is 0 Å². The number of benzene rings is 4. The largest absolute Gasteiger partial charge is 0.332 e. The highest BCUT2D eigenvalue weighted by Gasteiger charge is 2.17. The minimum atomic E-state index is -0.351. The van der Waals surface area contributed by atoms with Gasteiger partial charge in [0.2, 0.25) is 0 Å². The number of hydrogen-bond donors (Lipinski definition) is 2. The van der Waals surface area contributed by atoms with Gasteiger partial charge in [0.05, 0.1) is 5.69 Å². The van der Waals surface area contributed by atoms with E-state index < -0.39 is 0 Å². The van der Waals surface area contributed by atoms with Crippen LogP contribution in [0.1, 0.15) is 26.3 Å². The van der Waals surface area contributed by atoms with E-state index in [1.54, 1.807) is 48.5 Å². The zero-order chi connectivity index (χ0) is 22.7. The Labute approximate surface area is 203 Å². The zero-order valence-electron chi connectivity index (χ0n) is 16.6.